The minimum atomic E-state index is -1.43. The van der Waals surface area contributed by atoms with Gasteiger partial charge in [-0.1, -0.05) is 18.2 Å². The van der Waals surface area contributed by atoms with E-state index in [0.717, 1.165) is 18.3 Å². The lowest BCUT2D eigenvalue weighted by Gasteiger charge is -2.12. The van der Waals surface area contributed by atoms with Gasteiger partial charge in [-0.25, -0.2) is 13.6 Å². The fourth-order valence-electron chi connectivity index (χ4n) is 2.27. The predicted octanol–water partition coefficient (Wildman–Crippen LogP) is 2.97. The molecule has 22 heavy (non-hydrogen) atoms. The van der Waals surface area contributed by atoms with Crippen molar-refractivity contribution in [1.29, 1.82) is 0 Å². The first-order valence-electron chi connectivity index (χ1n) is 6.32. The van der Waals surface area contributed by atoms with Crippen LogP contribution in [-0.4, -0.2) is 15.6 Å². The van der Waals surface area contributed by atoms with E-state index in [0.29, 0.717) is 5.69 Å². The highest BCUT2D eigenvalue weighted by atomic mass is 19.2. The third-order valence-corrected chi connectivity index (χ3v) is 3.31. The Hall–Kier alpha value is -3.02. The normalized spacial score (nSPS) is 10.8. The first-order valence-corrected chi connectivity index (χ1v) is 6.32. The Labute approximate surface area is 122 Å². The number of hydrogen-bond donors (Lipinski definition) is 1. The first-order chi connectivity index (χ1) is 10.5. The van der Waals surface area contributed by atoms with Crippen molar-refractivity contribution in [3.63, 3.8) is 0 Å². The number of pyridine rings is 1. The molecule has 0 bridgehead atoms. The maximum atomic E-state index is 13.5. The quantitative estimate of drug-likeness (QED) is 0.791. The Morgan fingerprint density at radius 2 is 1.68 bits per heavy atom. The van der Waals surface area contributed by atoms with Crippen LogP contribution in [-0.2, 0) is 0 Å². The second-order valence-corrected chi connectivity index (χ2v) is 4.67. The summed E-state index contributed by atoms with van der Waals surface area (Å²) in [4.78, 5) is 23.4. The topological polar surface area (TPSA) is 59.3 Å². The SMILES string of the molecule is O=C(O)c1cn(-c2ccccc2)c2cc(F)c(F)cc2c1=O. The monoisotopic (exact) mass is 301 g/mol. The van der Waals surface area contributed by atoms with Gasteiger partial charge in [0.15, 0.2) is 11.6 Å². The highest BCUT2D eigenvalue weighted by Gasteiger charge is 2.17. The molecule has 3 aromatic rings. The molecule has 0 aliphatic carbocycles. The van der Waals surface area contributed by atoms with Crippen molar-refractivity contribution in [2.45, 2.75) is 0 Å². The van der Waals surface area contributed by atoms with E-state index < -0.39 is 28.6 Å². The van der Waals surface area contributed by atoms with E-state index in [-0.39, 0.29) is 10.9 Å². The molecule has 0 spiro atoms. The summed E-state index contributed by atoms with van der Waals surface area (Å²) < 4.78 is 28.3. The zero-order chi connectivity index (χ0) is 15.9. The van der Waals surface area contributed by atoms with Crippen LogP contribution in [0.1, 0.15) is 10.4 Å². The van der Waals surface area contributed by atoms with Crippen LogP contribution in [0.15, 0.2) is 53.5 Å². The predicted molar refractivity (Wildman–Crippen MR) is 76.4 cm³/mol. The number of fused-ring (bicyclic) bond motifs is 1. The molecule has 0 saturated heterocycles. The number of para-hydroxylation sites is 1. The van der Waals surface area contributed by atoms with Gasteiger partial charge < -0.3 is 9.67 Å². The molecule has 0 saturated carbocycles. The van der Waals surface area contributed by atoms with Crippen molar-refractivity contribution < 1.29 is 18.7 Å². The van der Waals surface area contributed by atoms with Crippen molar-refractivity contribution in [2.75, 3.05) is 0 Å². The molecule has 1 aromatic heterocycles. The van der Waals surface area contributed by atoms with Crippen molar-refractivity contribution in [3.05, 3.63) is 76.1 Å². The molecule has 0 atom stereocenters. The summed E-state index contributed by atoms with van der Waals surface area (Å²) in [6.07, 6.45) is 1.11. The number of carbonyl (C=O) groups is 1. The van der Waals surface area contributed by atoms with E-state index in [1.807, 2.05) is 0 Å². The second-order valence-electron chi connectivity index (χ2n) is 4.67. The summed E-state index contributed by atoms with van der Waals surface area (Å²) in [5.41, 5.74) is -0.739. The van der Waals surface area contributed by atoms with Crippen molar-refractivity contribution in [3.8, 4) is 5.69 Å². The van der Waals surface area contributed by atoms with Gasteiger partial charge >= 0.3 is 5.97 Å². The van der Waals surface area contributed by atoms with Crippen LogP contribution in [0.2, 0.25) is 0 Å². The highest BCUT2D eigenvalue weighted by Crippen LogP contribution is 2.20. The third-order valence-electron chi connectivity index (χ3n) is 3.31. The smallest absolute Gasteiger partial charge is 0.341 e. The fourth-order valence-corrected chi connectivity index (χ4v) is 2.27. The first kappa shape index (κ1) is 13.9. The molecule has 110 valence electrons. The van der Waals surface area contributed by atoms with Gasteiger partial charge in [-0.3, -0.25) is 4.79 Å². The molecule has 6 heteroatoms. The number of carboxylic acid groups (broad SMARTS) is 1. The number of halogens is 2. The highest BCUT2D eigenvalue weighted by molar-refractivity contribution is 5.93. The largest absolute Gasteiger partial charge is 0.477 e. The van der Waals surface area contributed by atoms with Crippen LogP contribution in [0.3, 0.4) is 0 Å². The van der Waals surface area contributed by atoms with E-state index in [2.05, 4.69) is 0 Å². The van der Waals surface area contributed by atoms with Crippen molar-refractivity contribution >= 4 is 16.9 Å². The van der Waals surface area contributed by atoms with E-state index >= 15 is 0 Å². The van der Waals surface area contributed by atoms with Crippen LogP contribution >= 0.6 is 0 Å². The molecule has 1 heterocycles. The molecule has 0 amide bonds. The van der Waals surface area contributed by atoms with Gasteiger partial charge in [0, 0.05) is 18.0 Å². The number of benzene rings is 2. The zero-order valence-electron chi connectivity index (χ0n) is 11.1. The summed E-state index contributed by atoms with van der Waals surface area (Å²) in [5, 5.41) is 8.95. The molecule has 2 aromatic carbocycles. The number of carboxylic acids is 1. The molecule has 0 radical (unpaired) electrons. The van der Waals surface area contributed by atoms with Gasteiger partial charge in [-0.15, -0.1) is 0 Å². The zero-order valence-corrected chi connectivity index (χ0v) is 11.1. The molecule has 4 nitrogen and oxygen atoms in total. The Kier molecular flexibility index (Phi) is 3.21. The van der Waals surface area contributed by atoms with E-state index in [4.69, 9.17) is 5.11 Å². The minimum Gasteiger partial charge on any atom is -0.477 e. The van der Waals surface area contributed by atoms with Gasteiger partial charge in [-0.05, 0) is 18.2 Å². The lowest BCUT2D eigenvalue weighted by molar-refractivity contribution is 0.0695. The average Bonchev–Trinajstić information content (AvgIpc) is 2.50. The van der Waals surface area contributed by atoms with Gasteiger partial charge in [0.05, 0.1) is 10.9 Å². The lowest BCUT2D eigenvalue weighted by Crippen LogP contribution is -2.18. The summed E-state index contributed by atoms with van der Waals surface area (Å²) in [7, 11) is 0. The van der Waals surface area contributed by atoms with Crippen LogP contribution in [0.25, 0.3) is 16.6 Å². The maximum Gasteiger partial charge on any atom is 0.341 e. The Morgan fingerprint density at radius 3 is 2.32 bits per heavy atom. The third kappa shape index (κ3) is 2.14. The number of aromatic nitrogens is 1. The molecule has 0 fully saturated rings. The average molecular weight is 301 g/mol. The van der Waals surface area contributed by atoms with Crippen molar-refractivity contribution in [2.24, 2.45) is 0 Å². The summed E-state index contributed by atoms with van der Waals surface area (Å²) in [5.74, 6) is -3.74. The summed E-state index contributed by atoms with van der Waals surface area (Å²) in [6, 6.07) is 10.1. The van der Waals surface area contributed by atoms with Crippen LogP contribution in [0, 0.1) is 11.6 Å². The van der Waals surface area contributed by atoms with Crippen LogP contribution < -0.4 is 5.43 Å². The van der Waals surface area contributed by atoms with Gasteiger partial charge in [0.1, 0.15) is 5.56 Å². The molecule has 0 aliphatic heterocycles. The number of nitrogens with zero attached hydrogens (tertiary/aromatic N) is 1. The molecule has 0 aliphatic rings. The summed E-state index contributed by atoms with van der Waals surface area (Å²) >= 11 is 0. The number of hydrogen-bond acceptors (Lipinski definition) is 2. The fraction of sp³-hybridized carbons (Fsp3) is 0. The second kappa shape index (κ2) is 5.07. The minimum absolute atomic E-state index is 0.0973. The van der Waals surface area contributed by atoms with E-state index in [9.17, 15) is 18.4 Å². The standard InChI is InChI=1S/C16H9F2NO3/c17-12-6-10-14(7-13(12)18)19(9-4-2-1-3-5-9)8-11(15(10)20)16(21)22/h1-8H,(H,21,22). The maximum absolute atomic E-state index is 13.5. The molecule has 0 unspecified atom stereocenters. The number of rotatable bonds is 2. The lowest BCUT2D eigenvalue weighted by atomic mass is 10.1. The molecular weight excluding hydrogens is 292 g/mol. The van der Waals surface area contributed by atoms with Crippen LogP contribution in [0.5, 0.6) is 0 Å². The number of aromatic carboxylic acids is 1. The van der Waals surface area contributed by atoms with E-state index in [1.54, 1.807) is 30.3 Å². The van der Waals surface area contributed by atoms with Gasteiger partial charge in [0.25, 0.3) is 0 Å². The molecular formula is C16H9F2NO3. The molecule has 3 rings (SSSR count). The Balaban J connectivity index is 2.50. The van der Waals surface area contributed by atoms with Crippen molar-refractivity contribution in [1.82, 2.24) is 4.57 Å². The Morgan fingerprint density at radius 1 is 1.05 bits per heavy atom. The molecule has 1 N–H and O–H groups in total. The van der Waals surface area contributed by atoms with Crippen LogP contribution in [0.4, 0.5) is 8.78 Å². The van der Waals surface area contributed by atoms with E-state index in [1.165, 1.54) is 4.57 Å². The van der Waals surface area contributed by atoms with Gasteiger partial charge in [-0.2, -0.15) is 0 Å². The summed E-state index contributed by atoms with van der Waals surface area (Å²) in [6.45, 7) is 0. The Bertz CT molecular complexity index is 949. The van der Waals surface area contributed by atoms with Gasteiger partial charge in [0.2, 0.25) is 5.43 Å².